The van der Waals surface area contributed by atoms with Crippen molar-refractivity contribution in [3.05, 3.63) is 16.6 Å². The second kappa shape index (κ2) is 7.59. The van der Waals surface area contributed by atoms with Crippen molar-refractivity contribution in [3.8, 4) is 0 Å². The number of thiazole rings is 1. The minimum Gasteiger partial charge on any atom is -0.396 e. The quantitative estimate of drug-likeness (QED) is 0.781. The molecule has 1 aromatic rings. The number of hydrogen-bond acceptors (Lipinski definition) is 4. The van der Waals surface area contributed by atoms with Crippen molar-refractivity contribution in [2.75, 3.05) is 6.61 Å². The lowest BCUT2D eigenvalue weighted by Crippen LogP contribution is -2.44. The van der Waals surface area contributed by atoms with Crippen molar-refractivity contribution in [2.24, 2.45) is 5.92 Å². The molecule has 112 valence electrons. The Morgan fingerprint density at radius 2 is 2.25 bits per heavy atom. The van der Waals surface area contributed by atoms with Gasteiger partial charge in [0, 0.05) is 24.2 Å². The number of carbonyl (C=O) groups excluding carboxylic acids is 1. The van der Waals surface area contributed by atoms with Crippen LogP contribution < -0.4 is 10.6 Å². The van der Waals surface area contributed by atoms with Gasteiger partial charge in [-0.25, -0.2) is 9.78 Å². The number of aliphatic hydroxyl groups is 1. The van der Waals surface area contributed by atoms with Crippen LogP contribution in [-0.2, 0) is 0 Å². The van der Waals surface area contributed by atoms with E-state index in [0.29, 0.717) is 5.92 Å². The van der Waals surface area contributed by atoms with E-state index in [1.54, 1.807) is 17.5 Å². The SMILES string of the molecule is CCC(NC(=O)NC1CCC(CO)CC1)c1nccs1. The molecule has 0 saturated heterocycles. The summed E-state index contributed by atoms with van der Waals surface area (Å²) in [4.78, 5) is 16.3. The molecular weight excluding hydrogens is 274 g/mol. The fraction of sp³-hybridized carbons (Fsp3) is 0.714. The van der Waals surface area contributed by atoms with E-state index in [2.05, 4.69) is 15.6 Å². The topological polar surface area (TPSA) is 74.2 Å². The first-order chi connectivity index (χ1) is 9.72. The van der Waals surface area contributed by atoms with Gasteiger partial charge in [-0.2, -0.15) is 0 Å². The number of rotatable bonds is 5. The predicted molar refractivity (Wildman–Crippen MR) is 79.6 cm³/mol. The normalized spacial score (nSPS) is 24.1. The van der Waals surface area contributed by atoms with Crippen LogP contribution >= 0.6 is 11.3 Å². The molecule has 3 N–H and O–H groups in total. The predicted octanol–water partition coefficient (Wildman–Crippen LogP) is 2.44. The van der Waals surface area contributed by atoms with Crippen LogP contribution in [0.2, 0.25) is 0 Å². The van der Waals surface area contributed by atoms with Crippen molar-refractivity contribution >= 4 is 17.4 Å². The van der Waals surface area contributed by atoms with Gasteiger partial charge in [0.2, 0.25) is 0 Å². The number of urea groups is 1. The van der Waals surface area contributed by atoms with Crippen molar-refractivity contribution in [1.82, 2.24) is 15.6 Å². The van der Waals surface area contributed by atoms with Crippen LogP contribution in [0.4, 0.5) is 4.79 Å². The summed E-state index contributed by atoms with van der Waals surface area (Å²) in [5, 5.41) is 18.0. The van der Waals surface area contributed by atoms with Gasteiger partial charge in [0.25, 0.3) is 0 Å². The molecule has 20 heavy (non-hydrogen) atoms. The van der Waals surface area contributed by atoms with E-state index < -0.39 is 0 Å². The Balaban J connectivity index is 1.77. The fourth-order valence-corrected chi connectivity index (χ4v) is 3.39. The molecule has 0 bridgehead atoms. The van der Waals surface area contributed by atoms with E-state index in [0.717, 1.165) is 37.1 Å². The lowest BCUT2D eigenvalue weighted by atomic mass is 9.87. The summed E-state index contributed by atoms with van der Waals surface area (Å²) in [6.07, 6.45) is 6.48. The Morgan fingerprint density at radius 3 is 2.80 bits per heavy atom. The van der Waals surface area contributed by atoms with E-state index in [1.165, 1.54) is 0 Å². The zero-order chi connectivity index (χ0) is 14.4. The molecule has 2 amide bonds. The molecule has 2 rings (SSSR count). The van der Waals surface area contributed by atoms with Gasteiger partial charge in [-0.1, -0.05) is 6.92 Å². The Labute approximate surface area is 123 Å². The number of aromatic nitrogens is 1. The van der Waals surface area contributed by atoms with Gasteiger partial charge in [-0.05, 0) is 38.0 Å². The van der Waals surface area contributed by atoms with Crippen molar-refractivity contribution in [1.29, 1.82) is 0 Å². The second-order valence-electron chi connectivity index (χ2n) is 5.35. The Hall–Kier alpha value is -1.14. The van der Waals surface area contributed by atoms with Gasteiger partial charge in [-0.3, -0.25) is 0 Å². The van der Waals surface area contributed by atoms with Crippen LogP contribution in [0.5, 0.6) is 0 Å². The number of aliphatic hydroxyl groups excluding tert-OH is 1. The van der Waals surface area contributed by atoms with E-state index in [4.69, 9.17) is 5.11 Å². The maximum Gasteiger partial charge on any atom is 0.315 e. The van der Waals surface area contributed by atoms with Gasteiger partial charge in [0.1, 0.15) is 5.01 Å². The first-order valence-electron chi connectivity index (χ1n) is 7.30. The summed E-state index contributed by atoms with van der Waals surface area (Å²) in [6, 6.07) is 0.106. The van der Waals surface area contributed by atoms with Crippen LogP contribution in [-0.4, -0.2) is 28.8 Å². The number of amides is 2. The number of carbonyl (C=O) groups is 1. The molecule has 1 aliphatic carbocycles. The molecule has 0 radical (unpaired) electrons. The molecule has 0 aromatic carbocycles. The summed E-state index contributed by atoms with van der Waals surface area (Å²) in [7, 11) is 0. The molecular formula is C14H23N3O2S. The van der Waals surface area contributed by atoms with E-state index >= 15 is 0 Å². The number of hydrogen-bond donors (Lipinski definition) is 3. The third-order valence-electron chi connectivity index (χ3n) is 3.90. The standard InChI is InChI=1S/C14H23N3O2S/c1-2-12(13-15-7-8-20-13)17-14(19)16-11-5-3-10(9-18)4-6-11/h7-8,10-12,18H,2-6,9H2,1H3,(H2,16,17,19). The first-order valence-corrected chi connectivity index (χ1v) is 8.18. The zero-order valence-electron chi connectivity index (χ0n) is 11.8. The lowest BCUT2D eigenvalue weighted by Gasteiger charge is -2.28. The summed E-state index contributed by atoms with van der Waals surface area (Å²) in [5.41, 5.74) is 0. The molecule has 0 spiro atoms. The molecule has 5 nitrogen and oxygen atoms in total. The highest BCUT2D eigenvalue weighted by atomic mass is 32.1. The molecule has 1 saturated carbocycles. The highest BCUT2D eigenvalue weighted by molar-refractivity contribution is 7.09. The minimum atomic E-state index is -0.112. The third kappa shape index (κ3) is 4.18. The molecule has 1 heterocycles. The van der Waals surface area contributed by atoms with Crippen molar-refractivity contribution in [2.45, 2.75) is 51.1 Å². The second-order valence-corrected chi connectivity index (χ2v) is 6.28. The molecule has 1 aliphatic rings. The largest absolute Gasteiger partial charge is 0.396 e. The van der Waals surface area contributed by atoms with Crippen molar-refractivity contribution in [3.63, 3.8) is 0 Å². The Kier molecular flexibility index (Phi) is 5.79. The molecule has 1 atom stereocenters. The highest BCUT2D eigenvalue weighted by Crippen LogP contribution is 2.24. The average Bonchev–Trinajstić information content (AvgIpc) is 2.99. The smallest absolute Gasteiger partial charge is 0.315 e. The molecule has 1 unspecified atom stereocenters. The van der Waals surface area contributed by atoms with Crippen LogP contribution in [0.3, 0.4) is 0 Å². The first kappa shape index (κ1) is 15.3. The monoisotopic (exact) mass is 297 g/mol. The molecule has 0 aliphatic heterocycles. The Morgan fingerprint density at radius 1 is 1.50 bits per heavy atom. The highest BCUT2D eigenvalue weighted by Gasteiger charge is 2.23. The van der Waals surface area contributed by atoms with E-state index in [-0.39, 0.29) is 24.7 Å². The molecule has 1 aromatic heterocycles. The van der Waals surface area contributed by atoms with Gasteiger partial charge in [0.05, 0.1) is 6.04 Å². The van der Waals surface area contributed by atoms with Crippen LogP contribution in [0, 0.1) is 5.92 Å². The number of nitrogens with zero attached hydrogens (tertiary/aromatic N) is 1. The van der Waals surface area contributed by atoms with Gasteiger partial charge >= 0.3 is 6.03 Å². The molecule has 1 fully saturated rings. The molecule has 6 heteroatoms. The van der Waals surface area contributed by atoms with Crippen molar-refractivity contribution < 1.29 is 9.90 Å². The number of nitrogens with one attached hydrogen (secondary N) is 2. The van der Waals surface area contributed by atoms with Gasteiger partial charge < -0.3 is 15.7 Å². The summed E-state index contributed by atoms with van der Waals surface area (Å²) < 4.78 is 0. The average molecular weight is 297 g/mol. The zero-order valence-corrected chi connectivity index (χ0v) is 12.7. The minimum absolute atomic E-state index is 0.0104. The third-order valence-corrected chi connectivity index (χ3v) is 4.79. The summed E-state index contributed by atoms with van der Waals surface area (Å²) in [6.45, 7) is 2.31. The summed E-state index contributed by atoms with van der Waals surface area (Å²) in [5.74, 6) is 0.412. The van der Waals surface area contributed by atoms with Crippen LogP contribution in [0.15, 0.2) is 11.6 Å². The maximum atomic E-state index is 12.0. The fourth-order valence-electron chi connectivity index (χ4n) is 2.62. The Bertz CT molecular complexity index is 403. The van der Waals surface area contributed by atoms with Gasteiger partial charge in [-0.15, -0.1) is 11.3 Å². The van der Waals surface area contributed by atoms with E-state index in [1.807, 2.05) is 12.3 Å². The van der Waals surface area contributed by atoms with Gasteiger partial charge in [0.15, 0.2) is 0 Å². The van der Waals surface area contributed by atoms with Crippen LogP contribution in [0.25, 0.3) is 0 Å². The summed E-state index contributed by atoms with van der Waals surface area (Å²) >= 11 is 1.57. The maximum absolute atomic E-state index is 12.0. The lowest BCUT2D eigenvalue weighted by molar-refractivity contribution is 0.174. The van der Waals surface area contributed by atoms with E-state index in [9.17, 15) is 4.79 Å². The van der Waals surface area contributed by atoms with Crippen LogP contribution in [0.1, 0.15) is 50.1 Å².